The monoisotopic (exact) mass is 336 g/mol. The first-order valence-electron chi connectivity index (χ1n) is 9.98. The van der Waals surface area contributed by atoms with Gasteiger partial charge in [0.2, 0.25) is 0 Å². The Labute approximate surface area is 153 Å². The highest BCUT2D eigenvalue weighted by Gasteiger charge is 2.21. The van der Waals surface area contributed by atoms with Crippen LogP contribution in [0.15, 0.2) is 48.5 Å². The maximum absolute atomic E-state index is 5.15. The van der Waals surface area contributed by atoms with Crippen LogP contribution in [-0.4, -0.2) is 13.7 Å². The molecule has 0 saturated heterocycles. The normalized spacial score (nSPS) is 20.6. The van der Waals surface area contributed by atoms with Crippen LogP contribution in [0, 0.1) is 5.92 Å². The maximum Gasteiger partial charge on any atom is 0.0502 e. The lowest BCUT2D eigenvalue weighted by molar-refractivity contribution is 0.202. The van der Waals surface area contributed by atoms with Gasteiger partial charge in [-0.05, 0) is 66.2 Å². The Balaban J connectivity index is 1.60. The number of rotatable bonds is 7. The fourth-order valence-electron chi connectivity index (χ4n) is 4.22. The maximum atomic E-state index is 5.15. The van der Waals surface area contributed by atoms with Gasteiger partial charge in [-0.2, -0.15) is 0 Å². The summed E-state index contributed by atoms with van der Waals surface area (Å²) in [4.78, 5) is 0. The molecule has 1 aliphatic carbocycles. The van der Waals surface area contributed by atoms with Crippen molar-refractivity contribution in [3.05, 3.63) is 59.7 Å². The lowest BCUT2D eigenvalue weighted by Crippen LogP contribution is -2.13. The first-order valence-corrected chi connectivity index (χ1v) is 9.98. The van der Waals surface area contributed by atoms with Crippen molar-refractivity contribution < 1.29 is 4.74 Å². The largest absolute Gasteiger partial charge is 0.384 e. The smallest absolute Gasteiger partial charge is 0.0502 e. The standard InChI is InChI=1S/C24H32O/c1-3-4-19-5-9-21(10-6-19)23-13-15-24(16-14-23)22-11-7-20(8-12-22)17-18-25-2/h7-8,11-16,19,21H,3-6,9-10,17-18H2,1-2H3. The van der Waals surface area contributed by atoms with Gasteiger partial charge in [0.15, 0.2) is 0 Å². The Kier molecular flexibility index (Phi) is 6.69. The molecule has 134 valence electrons. The first kappa shape index (κ1) is 18.2. The summed E-state index contributed by atoms with van der Waals surface area (Å²) in [6.45, 7) is 3.10. The molecule has 0 unspecified atom stereocenters. The highest BCUT2D eigenvalue weighted by molar-refractivity contribution is 5.64. The number of benzene rings is 2. The van der Waals surface area contributed by atoms with E-state index >= 15 is 0 Å². The molecule has 3 rings (SSSR count). The van der Waals surface area contributed by atoms with Crippen LogP contribution in [0.25, 0.3) is 11.1 Å². The van der Waals surface area contributed by atoms with Crippen LogP contribution in [-0.2, 0) is 11.2 Å². The summed E-state index contributed by atoms with van der Waals surface area (Å²) in [6, 6.07) is 18.2. The molecule has 1 fully saturated rings. The molecule has 0 radical (unpaired) electrons. The fraction of sp³-hybridized carbons (Fsp3) is 0.500. The molecule has 0 heterocycles. The van der Waals surface area contributed by atoms with Crippen LogP contribution >= 0.6 is 0 Å². The molecule has 1 nitrogen and oxygen atoms in total. The van der Waals surface area contributed by atoms with Crippen LogP contribution in [0.2, 0.25) is 0 Å². The molecule has 0 spiro atoms. The molecule has 0 bridgehead atoms. The Morgan fingerprint density at radius 1 is 0.840 bits per heavy atom. The number of ether oxygens (including phenoxy) is 1. The van der Waals surface area contributed by atoms with Crippen molar-refractivity contribution in [2.24, 2.45) is 5.92 Å². The minimum atomic E-state index is 0.776. The predicted octanol–water partition coefficient (Wildman–Crippen LogP) is 6.62. The van der Waals surface area contributed by atoms with Gasteiger partial charge >= 0.3 is 0 Å². The molecule has 1 heteroatoms. The molecular weight excluding hydrogens is 304 g/mol. The highest BCUT2D eigenvalue weighted by Crippen LogP contribution is 2.38. The summed E-state index contributed by atoms with van der Waals surface area (Å²) in [7, 11) is 1.76. The SMILES string of the molecule is CCCC1CCC(c2ccc(-c3ccc(CCOC)cc3)cc2)CC1. The lowest BCUT2D eigenvalue weighted by Gasteiger charge is -2.28. The van der Waals surface area contributed by atoms with Gasteiger partial charge in [0.25, 0.3) is 0 Å². The summed E-state index contributed by atoms with van der Waals surface area (Å²) >= 11 is 0. The van der Waals surface area contributed by atoms with Gasteiger partial charge in [0.05, 0.1) is 6.61 Å². The molecule has 1 saturated carbocycles. The van der Waals surface area contributed by atoms with E-state index in [9.17, 15) is 0 Å². The van der Waals surface area contributed by atoms with E-state index in [2.05, 4.69) is 55.5 Å². The molecule has 0 aromatic heterocycles. The Hall–Kier alpha value is -1.60. The van der Waals surface area contributed by atoms with Crippen molar-refractivity contribution in [1.82, 2.24) is 0 Å². The van der Waals surface area contributed by atoms with E-state index in [1.54, 1.807) is 7.11 Å². The second-order valence-corrected chi connectivity index (χ2v) is 7.57. The zero-order valence-electron chi connectivity index (χ0n) is 15.8. The van der Waals surface area contributed by atoms with Crippen molar-refractivity contribution in [3.63, 3.8) is 0 Å². The van der Waals surface area contributed by atoms with Crippen molar-refractivity contribution in [2.45, 2.75) is 57.8 Å². The van der Waals surface area contributed by atoms with Gasteiger partial charge < -0.3 is 4.74 Å². The molecule has 0 aliphatic heterocycles. The van der Waals surface area contributed by atoms with Crippen LogP contribution < -0.4 is 0 Å². The van der Waals surface area contributed by atoms with Crippen molar-refractivity contribution in [1.29, 1.82) is 0 Å². The third-order valence-corrected chi connectivity index (χ3v) is 5.81. The minimum absolute atomic E-state index is 0.776. The summed E-state index contributed by atoms with van der Waals surface area (Å²) in [5.41, 5.74) is 5.50. The zero-order valence-corrected chi connectivity index (χ0v) is 15.8. The number of hydrogen-bond acceptors (Lipinski definition) is 1. The minimum Gasteiger partial charge on any atom is -0.384 e. The summed E-state index contributed by atoms with van der Waals surface area (Å²) in [6.07, 6.45) is 9.33. The molecule has 2 aromatic rings. The molecule has 1 aliphatic rings. The predicted molar refractivity (Wildman–Crippen MR) is 107 cm³/mol. The van der Waals surface area contributed by atoms with Gasteiger partial charge in [0, 0.05) is 7.11 Å². The second-order valence-electron chi connectivity index (χ2n) is 7.57. The third-order valence-electron chi connectivity index (χ3n) is 5.81. The number of methoxy groups -OCH3 is 1. The average Bonchev–Trinajstić information content (AvgIpc) is 2.68. The van der Waals surface area contributed by atoms with E-state index in [0.717, 1.165) is 24.9 Å². The summed E-state index contributed by atoms with van der Waals surface area (Å²) in [5, 5.41) is 0. The Bertz CT molecular complexity index is 618. The molecule has 25 heavy (non-hydrogen) atoms. The molecular formula is C24H32O. The lowest BCUT2D eigenvalue weighted by atomic mass is 9.77. The van der Waals surface area contributed by atoms with Gasteiger partial charge in [-0.25, -0.2) is 0 Å². The van der Waals surface area contributed by atoms with E-state index < -0.39 is 0 Å². The van der Waals surface area contributed by atoms with Crippen molar-refractivity contribution in [3.8, 4) is 11.1 Å². The Morgan fingerprint density at radius 2 is 1.44 bits per heavy atom. The van der Waals surface area contributed by atoms with E-state index in [4.69, 9.17) is 4.74 Å². The van der Waals surface area contributed by atoms with Crippen LogP contribution in [0.4, 0.5) is 0 Å². The van der Waals surface area contributed by atoms with Gasteiger partial charge in [-0.1, -0.05) is 68.3 Å². The van der Waals surface area contributed by atoms with Gasteiger partial charge in [0.1, 0.15) is 0 Å². The highest BCUT2D eigenvalue weighted by atomic mass is 16.5. The summed E-state index contributed by atoms with van der Waals surface area (Å²) < 4.78 is 5.15. The van der Waals surface area contributed by atoms with Gasteiger partial charge in [-0.3, -0.25) is 0 Å². The quantitative estimate of drug-likeness (QED) is 0.552. The van der Waals surface area contributed by atoms with E-state index in [0.29, 0.717) is 0 Å². The zero-order chi connectivity index (χ0) is 17.5. The van der Waals surface area contributed by atoms with E-state index in [-0.39, 0.29) is 0 Å². The molecule has 2 aromatic carbocycles. The molecule has 0 N–H and O–H groups in total. The van der Waals surface area contributed by atoms with Crippen molar-refractivity contribution in [2.75, 3.05) is 13.7 Å². The van der Waals surface area contributed by atoms with Crippen LogP contribution in [0.3, 0.4) is 0 Å². The topological polar surface area (TPSA) is 9.23 Å². The number of hydrogen-bond donors (Lipinski definition) is 0. The summed E-state index contributed by atoms with van der Waals surface area (Å²) in [5.74, 6) is 1.76. The molecule has 0 atom stereocenters. The first-order chi connectivity index (χ1) is 12.3. The fourth-order valence-corrected chi connectivity index (χ4v) is 4.22. The van der Waals surface area contributed by atoms with Crippen molar-refractivity contribution >= 4 is 0 Å². The van der Waals surface area contributed by atoms with Gasteiger partial charge in [-0.15, -0.1) is 0 Å². The average molecular weight is 337 g/mol. The van der Waals surface area contributed by atoms with Crippen LogP contribution in [0.5, 0.6) is 0 Å². The Morgan fingerprint density at radius 3 is 2.00 bits per heavy atom. The van der Waals surface area contributed by atoms with Crippen LogP contribution in [0.1, 0.15) is 62.5 Å². The second kappa shape index (κ2) is 9.20. The molecule has 0 amide bonds. The van der Waals surface area contributed by atoms with E-state index in [1.165, 1.54) is 60.8 Å². The third kappa shape index (κ3) is 4.95. The van der Waals surface area contributed by atoms with E-state index in [1.807, 2.05) is 0 Å².